The smallest absolute Gasteiger partial charge is 0.195 e. The number of aliphatic imine (C=N–C) groups is 1. The lowest BCUT2D eigenvalue weighted by Gasteiger charge is -2.14. The maximum absolute atomic E-state index is 5.64. The number of nitrogens with one attached hydrogen (secondary N) is 2. The van der Waals surface area contributed by atoms with Crippen LogP contribution in [-0.2, 0) is 6.54 Å². The van der Waals surface area contributed by atoms with Crippen LogP contribution in [0, 0.1) is 6.92 Å². The lowest BCUT2D eigenvalue weighted by atomic mass is 10.2. The highest BCUT2D eigenvalue weighted by molar-refractivity contribution is 5.93. The molecule has 0 bridgehead atoms. The fourth-order valence-corrected chi connectivity index (χ4v) is 2.69. The number of guanidine groups is 1. The van der Waals surface area contributed by atoms with Crippen LogP contribution in [0.15, 0.2) is 35.6 Å². The summed E-state index contributed by atoms with van der Waals surface area (Å²) in [6.45, 7) is 9.16. The molecule has 0 atom stereocenters. The van der Waals surface area contributed by atoms with Crippen molar-refractivity contribution in [1.82, 2.24) is 14.9 Å². The Kier molecular flexibility index (Phi) is 8.48. The van der Waals surface area contributed by atoms with Crippen molar-refractivity contribution in [2.24, 2.45) is 4.99 Å². The fraction of sp³-hybridized carbons (Fsp3) is 0.500. The van der Waals surface area contributed by atoms with Gasteiger partial charge in [-0.2, -0.15) is 0 Å². The second-order valence-electron chi connectivity index (χ2n) is 6.06. The first-order valence-corrected chi connectivity index (χ1v) is 9.51. The van der Waals surface area contributed by atoms with Gasteiger partial charge in [0.1, 0.15) is 5.82 Å². The van der Waals surface area contributed by atoms with Crippen LogP contribution in [0.1, 0.15) is 32.5 Å². The summed E-state index contributed by atoms with van der Waals surface area (Å²) in [6.07, 6.45) is 5.94. The maximum Gasteiger partial charge on any atom is 0.195 e. The number of nitrogens with zero attached hydrogens (tertiary/aromatic N) is 3. The molecule has 2 aromatic rings. The summed E-state index contributed by atoms with van der Waals surface area (Å²) in [6, 6.07) is 5.78. The number of aromatic nitrogens is 2. The minimum atomic E-state index is 0.588. The number of ether oxygens (including phenoxy) is 2. The Hall–Kier alpha value is -2.70. The summed E-state index contributed by atoms with van der Waals surface area (Å²) in [4.78, 5) is 8.91. The largest absolute Gasteiger partial charge is 0.493 e. The van der Waals surface area contributed by atoms with E-state index in [0.717, 1.165) is 61.4 Å². The van der Waals surface area contributed by atoms with Crippen LogP contribution in [0.25, 0.3) is 0 Å². The van der Waals surface area contributed by atoms with Gasteiger partial charge < -0.3 is 24.7 Å². The second kappa shape index (κ2) is 11.1. The third-order valence-corrected chi connectivity index (χ3v) is 4.07. The van der Waals surface area contributed by atoms with E-state index in [1.54, 1.807) is 7.11 Å². The van der Waals surface area contributed by atoms with Crippen LogP contribution < -0.4 is 20.1 Å². The first-order chi connectivity index (χ1) is 13.2. The molecule has 0 fully saturated rings. The van der Waals surface area contributed by atoms with E-state index in [4.69, 9.17) is 9.47 Å². The van der Waals surface area contributed by atoms with Gasteiger partial charge in [-0.25, -0.2) is 4.98 Å². The second-order valence-corrected chi connectivity index (χ2v) is 6.06. The number of aryl methyl sites for hydroxylation is 2. The third-order valence-electron chi connectivity index (χ3n) is 4.07. The quantitative estimate of drug-likeness (QED) is 0.379. The molecule has 1 aromatic carbocycles. The van der Waals surface area contributed by atoms with E-state index in [2.05, 4.69) is 32.1 Å². The normalized spacial score (nSPS) is 11.3. The number of anilines is 1. The number of unbranched alkanes of at least 4 members (excludes halogenated alkanes) is 1. The van der Waals surface area contributed by atoms with Crippen LogP contribution in [0.5, 0.6) is 11.5 Å². The highest BCUT2D eigenvalue weighted by atomic mass is 16.5. The molecule has 2 rings (SSSR count). The van der Waals surface area contributed by atoms with Crippen LogP contribution in [0.3, 0.4) is 0 Å². The number of hydrogen-bond acceptors (Lipinski definition) is 4. The zero-order chi connectivity index (χ0) is 19.5. The van der Waals surface area contributed by atoms with Gasteiger partial charge in [0, 0.05) is 43.8 Å². The van der Waals surface area contributed by atoms with Gasteiger partial charge in [-0.15, -0.1) is 0 Å². The standard InChI is InChI=1S/C20H31N5O2/c1-5-21-20(23-11-7-8-13-25-14-12-22-16(25)3)24-17-9-10-18(26-4)19(15-17)27-6-2/h9-10,12,14-15H,5-8,11,13H2,1-4H3,(H2,21,23,24). The maximum atomic E-state index is 5.64. The van der Waals surface area contributed by atoms with Crippen molar-refractivity contribution in [3.05, 3.63) is 36.4 Å². The fourth-order valence-electron chi connectivity index (χ4n) is 2.69. The number of methoxy groups -OCH3 is 1. The zero-order valence-electron chi connectivity index (χ0n) is 16.8. The Morgan fingerprint density at radius 1 is 1.22 bits per heavy atom. The molecule has 2 N–H and O–H groups in total. The molecule has 0 aliphatic rings. The van der Waals surface area contributed by atoms with Crippen molar-refractivity contribution in [1.29, 1.82) is 0 Å². The van der Waals surface area contributed by atoms with Crippen molar-refractivity contribution >= 4 is 11.6 Å². The van der Waals surface area contributed by atoms with Crippen molar-refractivity contribution in [3.63, 3.8) is 0 Å². The summed E-state index contributed by atoms with van der Waals surface area (Å²) in [5, 5.41) is 6.61. The average Bonchev–Trinajstić information content (AvgIpc) is 3.07. The van der Waals surface area contributed by atoms with Crippen molar-refractivity contribution in [2.75, 3.05) is 32.1 Å². The zero-order valence-corrected chi connectivity index (χ0v) is 16.8. The van der Waals surface area contributed by atoms with Crippen LogP contribution in [0.4, 0.5) is 5.69 Å². The predicted octanol–water partition coefficient (Wildman–Crippen LogP) is 3.46. The van der Waals surface area contributed by atoms with Gasteiger partial charge in [0.2, 0.25) is 0 Å². The summed E-state index contributed by atoms with van der Waals surface area (Å²) in [7, 11) is 1.64. The van der Waals surface area contributed by atoms with Gasteiger partial charge in [0.05, 0.1) is 13.7 Å². The Labute approximate surface area is 161 Å². The van der Waals surface area contributed by atoms with Gasteiger partial charge >= 0.3 is 0 Å². The SMILES string of the molecule is CCNC(=NCCCCn1ccnc1C)Nc1ccc(OC)c(OCC)c1. The Morgan fingerprint density at radius 3 is 2.74 bits per heavy atom. The van der Waals surface area contributed by atoms with Crippen molar-refractivity contribution in [3.8, 4) is 11.5 Å². The molecule has 148 valence electrons. The predicted molar refractivity (Wildman–Crippen MR) is 110 cm³/mol. The Bertz CT molecular complexity index is 727. The van der Waals surface area contributed by atoms with Gasteiger partial charge in [-0.3, -0.25) is 4.99 Å². The van der Waals surface area contributed by atoms with E-state index in [0.29, 0.717) is 6.61 Å². The minimum Gasteiger partial charge on any atom is -0.493 e. The molecule has 0 unspecified atom stereocenters. The van der Waals surface area contributed by atoms with Gasteiger partial charge in [0.15, 0.2) is 17.5 Å². The van der Waals surface area contributed by atoms with Crippen LogP contribution in [-0.4, -0.2) is 42.3 Å². The molecule has 0 aliphatic heterocycles. The molecule has 0 amide bonds. The first-order valence-electron chi connectivity index (χ1n) is 9.51. The van der Waals surface area contributed by atoms with E-state index < -0.39 is 0 Å². The van der Waals surface area contributed by atoms with E-state index in [1.165, 1.54) is 0 Å². The molecule has 0 spiro atoms. The van der Waals surface area contributed by atoms with E-state index in [1.807, 2.05) is 44.4 Å². The molecule has 0 saturated carbocycles. The van der Waals surface area contributed by atoms with E-state index in [-0.39, 0.29) is 0 Å². The van der Waals surface area contributed by atoms with Gasteiger partial charge in [-0.1, -0.05) is 0 Å². The van der Waals surface area contributed by atoms with E-state index in [9.17, 15) is 0 Å². The van der Waals surface area contributed by atoms with E-state index >= 15 is 0 Å². The molecule has 7 heteroatoms. The number of benzene rings is 1. The molecule has 0 aliphatic carbocycles. The molecular weight excluding hydrogens is 342 g/mol. The van der Waals surface area contributed by atoms with Crippen molar-refractivity contribution in [2.45, 2.75) is 40.2 Å². The molecule has 0 saturated heterocycles. The lowest BCUT2D eigenvalue weighted by Crippen LogP contribution is -2.30. The number of imidazole rings is 1. The van der Waals surface area contributed by atoms with Crippen LogP contribution >= 0.6 is 0 Å². The van der Waals surface area contributed by atoms with Crippen LogP contribution in [0.2, 0.25) is 0 Å². The molecule has 1 aromatic heterocycles. The average molecular weight is 374 g/mol. The summed E-state index contributed by atoms with van der Waals surface area (Å²) >= 11 is 0. The molecule has 0 radical (unpaired) electrons. The monoisotopic (exact) mass is 373 g/mol. The number of rotatable bonds is 10. The molecule has 1 heterocycles. The lowest BCUT2D eigenvalue weighted by molar-refractivity contribution is 0.311. The molecule has 7 nitrogen and oxygen atoms in total. The Morgan fingerprint density at radius 2 is 2.07 bits per heavy atom. The summed E-state index contributed by atoms with van der Waals surface area (Å²) < 4.78 is 13.1. The summed E-state index contributed by atoms with van der Waals surface area (Å²) in [5.41, 5.74) is 0.910. The molecular formula is C20H31N5O2. The highest BCUT2D eigenvalue weighted by Gasteiger charge is 2.07. The topological polar surface area (TPSA) is 72.7 Å². The first kappa shape index (κ1) is 20.6. The highest BCUT2D eigenvalue weighted by Crippen LogP contribution is 2.30. The number of hydrogen-bond donors (Lipinski definition) is 2. The van der Waals surface area contributed by atoms with Gasteiger partial charge in [-0.05, 0) is 45.7 Å². The molecule has 27 heavy (non-hydrogen) atoms. The third kappa shape index (κ3) is 6.51. The Balaban J connectivity index is 1.90. The van der Waals surface area contributed by atoms with Gasteiger partial charge in [0.25, 0.3) is 0 Å². The van der Waals surface area contributed by atoms with Crippen molar-refractivity contribution < 1.29 is 9.47 Å². The summed E-state index contributed by atoms with van der Waals surface area (Å²) in [5.74, 6) is 3.26. The minimum absolute atomic E-state index is 0.588.